The highest BCUT2D eigenvalue weighted by molar-refractivity contribution is 5.75. The summed E-state index contributed by atoms with van der Waals surface area (Å²) in [5.74, 6) is -0.181. The Kier molecular flexibility index (Phi) is 5.49. The molecule has 4 heteroatoms. The van der Waals surface area contributed by atoms with Crippen LogP contribution in [0.4, 0.5) is 0 Å². The van der Waals surface area contributed by atoms with Crippen LogP contribution in [0.15, 0.2) is 54.6 Å². The standard InChI is InChI=1S/C21H23NO3/c1-16(23)22-13-11-20(12-14-22)21(24)25-15-17-7-9-19(10-8-17)18-5-3-2-4-6-18/h2-10,20H,11-15H2,1H3. The van der Waals surface area contributed by atoms with E-state index in [-0.39, 0.29) is 17.8 Å². The van der Waals surface area contributed by atoms with Crippen LogP contribution in [0.5, 0.6) is 0 Å². The highest BCUT2D eigenvalue weighted by Crippen LogP contribution is 2.21. The number of rotatable bonds is 4. The lowest BCUT2D eigenvalue weighted by atomic mass is 9.97. The summed E-state index contributed by atoms with van der Waals surface area (Å²) in [6.45, 7) is 3.14. The summed E-state index contributed by atoms with van der Waals surface area (Å²) in [6, 6.07) is 18.3. The van der Waals surface area contributed by atoms with Crippen LogP contribution in [0.3, 0.4) is 0 Å². The minimum absolute atomic E-state index is 0.0744. The van der Waals surface area contributed by atoms with Crippen molar-refractivity contribution in [1.82, 2.24) is 4.90 Å². The molecule has 2 aromatic rings. The molecule has 1 fully saturated rings. The van der Waals surface area contributed by atoms with E-state index in [1.807, 2.05) is 42.5 Å². The summed E-state index contributed by atoms with van der Waals surface area (Å²) in [6.07, 6.45) is 1.37. The van der Waals surface area contributed by atoms with Crippen molar-refractivity contribution in [2.45, 2.75) is 26.4 Å². The maximum atomic E-state index is 12.2. The van der Waals surface area contributed by atoms with Gasteiger partial charge in [0.2, 0.25) is 5.91 Å². The molecule has 0 atom stereocenters. The molecule has 25 heavy (non-hydrogen) atoms. The van der Waals surface area contributed by atoms with E-state index >= 15 is 0 Å². The molecule has 0 saturated carbocycles. The summed E-state index contributed by atoms with van der Waals surface area (Å²) >= 11 is 0. The van der Waals surface area contributed by atoms with Crippen LogP contribution in [-0.4, -0.2) is 29.9 Å². The van der Waals surface area contributed by atoms with Crippen molar-refractivity contribution >= 4 is 11.9 Å². The van der Waals surface area contributed by atoms with Gasteiger partial charge in [-0.2, -0.15) is 0 Å². The van der Waals surface area contributed by atoms with E-state index in [0.717, 1.165) is 11.1 Å². The van der Waals surface area contributed by atoms with Crippen molar-refractivity contribution in [3.63, 3.8) is 0 Å². The summed E-state index contributed by atoms with van der Waals surface area (Å²) in [5, 5.41) is 0. The molecule has 0 bridgehead atoms. The number of amides is 1. The third-order valence-corrected chi connectivity index (χ3v) is 4.72. The van der Waals surface area contributed by atoms with E-state index in [4.69, 9.17) is 4.74 Å². The van der Waals surface area contributed by atoms with Crippen molar-refractivity contribution in [3.05, 3.63) is 60.2 Å². The lowest BCUT2D eigenvalue weighted by Crippen LogP contribution is -2.39. The van der Waals surface area contributed by atoms with Crippen molar-refractivity contribution < 1.29 is 14.3 Å². The van der Waals surface area contributed by atoms with Crippen molar-refractivity contribution in [2.75, 3.05) is 13.1 Å². The first-order valence-electron chi connectivity index (χ1n) is 8.70. The lowest BCUT2D eigenvalue weighted by molar-refractivity contribution is -0.152. The van der Waals surface area contributed by atoms with Gasteiger partial charge in [-0.15, -0.1) is 0 Å². The van der Waals surface area contributed by atoms with Gasteiger partial charge in [0.15, 0.2) is 0 Å². The average Bonchev–Trinajstić information content (AvgIpc) is 2.67. The van der Waals surface area contributed by atoms with Gasteiger partial charge in [-0.05, 0) is 29.5 Å². The largest absolute Gasteiger partial charge is 0.461 e. The minimum atomic E-state index is -0.157. The number of nitrogens with zero attached hydrogens (tertiary/aromatic N) is 1. The third-order valence-electron chi connectivity index (χ3n) is 4.72. The topological polar surface area (TPSA) is 46.6 Å². The van der Waals surface area contributed by atoms with E-state index in [9.17, 15) is 9.59 Å². The summed E-state index contributed by atoms with van der Waals surface area (Å²) < 4.78 is 5.47. The first-order chi connectivity index (χ1) is 12.1. The zero-order valence-electron chi connectivity index (χ0n) is 14.5. The number of carbonyl (C=O) groups excluding carboxylic acids is 2. The second-order valence-electron chi connectivity index (χ2n) is 6.45. The summed E-state index contributed by atoms with van der Waals surface area (Å²) in [7, 11) is 0. The first-order valence-corrected chi connectivity index (χ1v) is 8.70. The number of piperidine rings is 1. The molecule has 0 radical (unpaired) electrons. The molecule has 0 N–H and O–H groups in total. The number of hydrogen-bond acceptors (Lipinski definition) is 3. The molecule has 1 saturated heterocycles. The van der Waals surface area contributed by atoms with E-state index < -0.39 is 0 Å². The van der Waals surface area contributed by atoms with Gasteiger partial charge in [-0.25, -0.2) is 0 Å². The van der Waals surface area contributed by atoms with Crippen LogP contribution in [0.25, 0.3) is 11.1 Å². The Morgan fingerprint density at radius 1 is 0.960 bits per heavy atom. The quantitative estimate of drug-likeness (QED) is 0.800. The van der Waals surface area contributed by atoms with Crippen molar-refractivity contribution in [2.24, 2.45) is 5.92 Å². The van der Waals surface area contributed by atoms with Gasteiger partial charge < -0.3 is 9.64 Å². The molecular formula is C21H23NO3. The molecule has 130 valence electrons. The van der Waals surface area contributed by atoms with Crippen molar-refractivity contribution in [1.29, 1.82) is 0 Å². The normalized spacial score (nSPS) is 15.0. The predicted molar refractivity (Wildman–Crippen MR) is 96.7 cm³/mol. The van der Waals surface area contributed by atoms with Gasteiger partial charge in [-0.1, -0.05) is 54.6 Å². The van der Waals surface area contributed by atoms with Gasteiger partial charge in [0, 0.05) is 20.0 Å². The predicted octanol–water partition coefficient (Wildman–Crippen LogP) is 3.66. The number of carbonyl (C=O) groups is 2. The Hall–Kier alpha value is -2.62. The van der Waals surface area contributed by atoms with Crippen LogP contribution in [0.1, 0.15) is 25.3 Å². The van der Waals surface area contributed by atoms with Gasteiger partial charge in [-0.3, -0.25) is 9.59 Å². The number of ether oxygens (including phenoxy) is 1. The van der Waals surface area contributed by atoms with Crippen LogP contribution >= 0.6 is 0 Å². The Morgan fingerprint density at radius 3 is 2.16 bits per heavy atom. The Morgan fingerprint density at radius 2 is 1.56 bits per heavy atom. The fourth-order valence-electron chi connectivity index (χ4n) is 3.13. The van der Waals surface area contributed by atoms with Gasteiger partial charge >= 0.3 is 5.97 Å². The highest BCUT2D eigenvalue weighted by atomic mass is 16.5. The highest BCUT2D eigenvalue weighted by Gasteiger charge is 2.27. The number of hydrogen-bond donors (Lipinski definition) is 0. The summed E-state index contributed by atoms with van der Waals surface area (Å²) in [5.41, 5.74) is 3.30. The third kappa shape index (κ3) is 4.47. The van der Waals surface area contributed by atoms with E-state index in [0.29, 0.717) is 32.5 Å². The molecule has 0 aromatic heterocycles. The zero-order valence-corrected chi connectivity index (χ0v) is 14.5. The van der Waals surface area contributed by atoms with Crippen LogP contribution in [-0.2, 0) is 20.9 Å². The van der Waals surface area contributed by atoms with Crippen LogP contribution < -0.4 is 0 Å². The molecule has 1 amide bonds. The Labute approximate surface area is 148 Å². The number of likely N-dealkylation sites (tertiary alicyclic amines) is 1. The van der Waals surface area contributed by atoms with E-state index in [2.05, 4.69) is 12.1 Å². The maximum Gasteiger partial charge on any atom is 0.309 e. The smallest absolute Gasteiger partial charge is 0.309 e. The molecule has 3 rings (SSSR count). The lowest BCUT2D eigenvalue weighted by Gasteiger charge is -2.30. The zero-order chi connectivity index (χ0) is 17.6. The number of benzene rings is 2. The van der Waals surface area contributed by atoms with Crippen LogP contribution in [0, 0.1) is 5.92 Å². The molecule has 0 spiro atoms. The fourth-order valence-corrected chi connectivity index (χ4v) is 3.13. The van der Waals surface area contributed by atoms with Gasteiger partial charge in [0.05, 0.1) is 5.92 Å². The number of esters is 1. The fraction of sp³-hybridized carbons (Fsp3) is 0.333. The van der Waals surface area contributed by atoms with Gasteiger partial charge in [0.1, 0.15) is 6.61 Å². The van der Waals surface area contributed by atoms with Crippen LogP contribution in [0.2, 0.25) is 0 Å². The minimum Gasteiger partial charge on any atom is -0.461 e. The Bertz CT molecular complexity index is 717. The van der Waals surface area contributed by atoms with Gasteiger partial charge in [0.25, 0.3) is 0 Å². The molecule has 0 unspecified atom stereocenters. The first kappa shape index (κ1) is 17.2. The Balaban J connectivity index is 1.50. The molecule has 4 nitrogen and oxygen atoms in total. The second kappa shape index (κ2) is 7.97. The summed E-state index contributed by atoms with van der Waals surface area (Å²) in [4.78, 5) is 25.3. The molecular weight excluding hydrogens is 314 g/mol. The molecule has 0 aliphatic carbocycles. The SMILES string of the molecule is CC(=O)N1CCC(C(=O)OCc2ccc(-c3ccccc3)cc2)CC1. The molecule has 2 aromatic carbocycles. The average molecular weight is 337 g/mol. The monoisotopic (exact) mass is 337 g/mol. The second-order valence-corrected chi connectivity index (χ2v) is 6.45. The van der Waals surface area contributed by atoms with E-state index in [1.165, 1.54) is 5.56 Å². The molecule has 1 heterocycles. The maximum absolute atomic E-state index is 12.2. The molecule has 1 aliphatic heterocycles. The molecule has 1 aliphatic rings. The van der Waals surface area contributed by atoms with Crippen molar-refractivity contribution in [3.8, 4) is 11.1 Å². The van der Waals surface area contributed by atoms with E-state index in [1.54, 1.807) is 11.8 Å².